The number of amides is 3. The Kier molecular flexibility index (Phi) is 7.42. The van der Waals surface area contributed by atoms with Gasteiger partial charge in [-0.25, -0.2) is 0 Å². The van der Waals surface area contributed by atoms with Crippen molar-refractivity contribution < 1.29 is 19.2 Å². The Morgan fingerprint density at radius 3 is 2.42 bits per heavy atom. The van der Waals surface area contributed by atoms with Gasteiger partial charge in [-0.1, -0.05) is 70.0 Å². The molecule has 0 saturated carbocycles. The molecule has 0 radical (unpaired) electrons. The number of benzene rings is 3. The van der Waals surface area contributed by atoms with Gasteiger partial charge in [-0.2, -0.15) is 0 Å². The van der Waals surface area contributed by atoms with Crippen molar-refractivity contribution in [3.05, 3.63) is 106 Å². The van der Waals surface area contributed by atoms with Crippen LogP contribution in [-0.4, -0.2) is 64.5 Å². The molecule has 3 atom stereocenters. The number of rotatable bonds is 6. The van der Waals surface area contributed by atoms with Crippen molar-refractivity contribution >= 4 is 39.4 Å². The van der Waals surface area contributed by atoms with Gasteiger partial charge >= 0.3 is 0 Å². The van der Waals surface area contributed by atoms with E-state index in [1.165, 1.54) is 0 Å². The van der Waals surface area contributed by atoms with E-state index in [9.17, 15) is 19.2 Å². The van der Waals surface area contributed by atoms with Crippen LogP contribution in [0.2, 0.25) is 0 Å². The van der Waals surface area contributed by atoms with Gasteiger partial charge in [0.1, 0.15) is 12.1 Å². The fourth-order valence-electron chi connectivity index (χ4n) is 5.43. The highest BCUT2D eigenvalue weighted by molar-refractivity contribution is 9.10. The summed E-state index contributed by atoms with van der Waals surface area (Å²) < 4.78 is 0.758. The summed E-state index contributed by atoms with van der Waals surface area (Å²) in [5, 5.41) is 2.92. The second kappa shape index (κ2) is 10.9. The molecule has 2 aliphatic rings. The lowest BCUT2D eigenvalue weighted by Gasteiger charge is -2.28. The summed E-state index contributed by atoms with van der Waals surface area (Å²) in [5.41, 5.74) is 2.91. The summed E-state index contributed by atoms with van der Waals surface area (Å²) in [4.78, 5) is 56.6. The van der Waals surface area contributed by atoms with Crippen LogP contribution in [-0.2, 0) is 16.0 Å². The van der Waals surface area contributed by atoms with E-state index in [0.29, 0.717) is 24.1 Å². The van der Waals surface area contributed by atoms with Crippen molar-refractivity contribution in [3.8, 4) is 0 Å². The van der Waals surface area contributed by atoms with Crippen LogP contribution in [0.25, 0.3) is 0 Å². The van der Waals surface area contributed by atoms with Crippen LogP contribution in [0.3, 0.4) is 0 Å². The second-order valence-electron chi connectivity index (χ2n) is 9.83. The quantitative estimate of drug-likeness (QED) is 0.486. The van der Waals surface area contributed by atoms with Gasteiger partial charge in [0.2, 0.25) is 5.91 Å². The van der Waals surface area contributed by atoms with E-state index >= 15 is 0 Å². The van der Waals surface area contributed by atoms with Gasteiger partial charge < -0.3 is 15.1 Å². The second-order valence-corrected chi connectivity index (χ2v) is 10.7. The van der Waals surface area contributed by atoms with Crippen molar-refractivity contribution in [2.24, 2.45) is 0 Å². The van der Waals surface area contributed by atoms with Crippen molar-refractivity contribution in [1.82, 2.24) is 15.1 Å². The molecule has 2 aliphatic heterocycles. The largest absolute Gasteiger partial charge is 0.340 e. The summed E-state index contributed by atoms with van der Waals surface area (Å²) >= 11 is 3.39. The average Bonchev–Trinajstić information content (AvgIpc) is 3.49. The highest BCUT2D eigenvalue weighted by Gasteiger charge is 2.52. The summed E-state index contributed by atoms with van der Waals surface area (Å²) in [6.07, 6.45) is 0.798. The number of fused-ring (bicyclic) bond motifs is 1. The predicted molar refractivity (Wildman–Crippen MR) is 147 cm³/mol. The number of nitrogens with one attached hydrogen (secondary N) is 1. The zero-order valence-corrected chi connectivity index (χ0v) is 22.6. The Bertz CT molecular complexity index is 1390. The standard InChI is InChI=1S/C30H28BrN3O4/c1-19-7-5-8-20(15-19)16-24(32-28(36)22-11-6-12-23(31)17-22)30(38)33-14-13-25-27(33)26(35)18-34(25)29(37)21-9-3-2-4-10-21/h2-12,15,17,24-25,27H,13-14,16,18H2,1H3,(H,32,36)/t24-,25?,27?/m0/s1. The molecule has 2 fully saturated rings. The molecular formula is C30H28BrN3O4. The molecule has 3 aromatic carbocycles. The van der Waals surface area contributed by atoms with E-state index in [0.717, 1.165) is 15.6 Å². The molecule has 2 heterocycles. The van der Waals surface area contributed by atoms with Crippen molar-refractivity contribution in [2.45, 2.75) is 37.9 Å². The molecule has 7 nitrogen and oxygen atoms in total. The fraction of sp³-hybridized carbons (Fsp3) is 0.267. The van der Waals surface area contributed by atoms with Gasteiger partial charge in [0, 0.05) is 28.6 Å². The summed E-state index contributed by atoms with van der Waals surface area (Å²) in [6, 6.07) is 21.7. The minimum absolute atomic E-state index is 0.0280. The van der Waals surface area contributed by atoms with Gasteiger partial charge in [0.15, 0.2) is 5.78 Å². The van der Waals surface area contributed by atoms with Crippen LogP contribution in [0.4, 0.5) is 0 Å². The van der Waals surface area contributed by atoms with Gasteiger partial charge in [0.25, 0.3) is 11.8 Å². The first-order valence-corrected chi connectivity index (χ1v) is 13.4. The monoisotopic (exact) mass is 573 g/mol. The smallest absolute Gasteiger partial charge is 0.254 e. The fourth-order valence-corrected chi connectivity index (χ4v) is 5.83. The van der Waals surface area contributed by atoms with Crippen molar-refractivity contribution in [3.63, 3.8) is 0 Å². The number of hydrogen-bond donors (Lipinski definition) is 1. The Labute approximate surface area is 229 Å². The molecule has 2 saturated heterocycles. The third-order valence-electron chi connectivity index (χ3n) is 7.20. The molecule has 38 heavy (non-hydrogen) atoms. The van der Waals surface area contributed by atoms with Gasteiger partial charge in [-0.05, 0) is 49.2 Å². The number of carbonyl (C=O) groups excluding carboxylic acids is 4. The molecule has 0 aromatic heterocycles. The van der Waals surface area contributed by atoms with E-state index in [2.05, 4.69) is 21.2 Å². The predicted octanol–water partition coefficient (Wildman–Crippen LogP) is 3.79. The van der Waals surface area contributed by atoms with Crippen LogP contribution in [0.5, 0.6) is 0 Å². The molecule has 0 aliphatic carbocycles. The van der Waals surface area contributed by atoms with Gasteiger partial charge in [-0.15, -0.1) is 0 Å². The molecular weight excluding hydrogens is 546 g/mol. The maximum Gasteiger partial charge on any atom is 0.254 e. The lowest BCUT2D eigenvalue weighted by Crippen LogP contribution is -2.53. The summed E-state index contributed by atoms with van der Waals surface area (Å²) in [7, 11) is 0. The van der Waals surface area contributed by atoms with E-state index in [4.69, 9.17) is 0 Å². The number of likely N-dealkylation sites (tertiary alicyclic amines) is 2. The van der Waals surface area contributed by atoms with E-state index in [1.54, 1.807) is 52.3 Å². The third kappa shape index (κ3) is 5.27. The zero-order chi connectivity index (χ0) is 26.8. The molecule has 3 amide bonds. The minimum atomic E-state index is -0.867. The Morgan fingerprint density at radius 2 is 1.68 bits per heavy atom. The van der Waals surface area contributed by atoms with Crippen LogP contribution < -0.4 is 5.32 Å². The van der Waals surface area contributed by atoms with Crippen LogP contribution >= 0.6 is 15.9 Å². The molecule has 0 bridgehead atoms. The molecule has 0 spiro atoms. The van der Waals surface area contributed by atoms with Crippen molar-refractivity contribution in [1.29, 1.82) is 0 Å². The summed E-state index contributed by atoms with van der Waals surface area (Å²) in [6.45, 7) is 2.29. The number of nitrogens with zero attached hydrogens (tertiary/aromatic N) is 2. The summed E-state index contributed by atoms with van der Waals surface area (Å²) in [5.74, 6) is -1.05. The number of aryl methyl sites for hydroxylation is 1. The highest BCUT2D eigenvalue weighted by Crippen LogP contribution is 2.31. The first-order chi connectivity index (χ1) is 18.3. The van der Waals surface area contributed by atoms with E-state index < -0.39 is 12.1 Å². The number of halogens is 1. The number of hydrogen-bond acceptors (Lipinski definition) is 4. The van der Waals surface area contributed by atoms with Crippen LogP contribution in [0, 0.1) is 6.92 Å². The first-order valence-electron chi connectivity index (χ1n) is 12.6. The highest BCUT2D eigenvalue weighted by atomic mass is 79.9. The number of ketones is 1. The van der Waals surface area contributed by atoms with Crippen molar-refractivity contribution in [2.75, 3.05) is 13.1 Å². The van der Waals surface area contributed by atoms with Crippen LogP contribution in [0.1, 0.15) is 38.3 Å². The van der Waals surface area contributed by atoms with Gasteiger partial charge in [-0.3, -0.25) is 19.2 Å². The number of Topliss-reactive ketones (excluding diaryl/α,β-unsaturated/α-hetero) is 1. The average molecular weight is 574 g/mol. The first kappa shape index (κ1) is 25.9. The van der Waals surface area contributed by atoms with Gasteiger partial charge in [0.05, 0.1) is 12.6 Å². The third-order valence-corrected chi connectivity index (χ3v) is 7.69. The van der Waals surface area contributed by atoms with E-state index in [1.807, 2.05) is 43.3 Å². The normalized spacial score (nSPS) is 19.3. The van der Waals surface area contributed by atoms with Crippen LogP contribution in [0.15, 0.2) is 83.3 Å². The maximum absolute atomic E-state index is 13.9. The topological polar surface area (TPSA) is 86.8 Å². The Morgan fingerprint density at radius 1 is 0.947 bits per heavy atom. The lowest BCUT2D eigenvalue weighted by atomic mass is 10.0. The molecule has 1 N–H and O–H groups in total. The Balaban J connectivity index is 1.39. The Hall–Kier alpha value is -3.78. The number of carbonyl (C=O) groups is 4. The molecule has 194 valence electrons. The maximum atomic E-state index is 13.9. The molecule has 5 rings (SSSR count). The molecule has 3 aromatic rings. The zero-order valence-electron chi connectivity index (χ0n) is 21.0. The van der Waals surface area contributed by atoms with E-state index in [-0.39, 0.29) is 42.5 Å². The molecule has 2 unspecified atom stereocenters. The SMILES string of the molecule is Cc1cccc(C[C@H](NC(=O)c2cccc(Br)c2)C(=O)N2CCC3C2C(=O)CN3C(=O)c2ccccc2)c1. The minimum Gasteiger partial charge on any atom is -0.340 e. The lowest BCUT2D eigenvalue weighted by molar-refractivity contribution is -0.138. The molecule has 8 heteroatoms.